The maximum atomic E-state index is 12.2. The summed E-state index contributed by atoms with van der Waals surface area (Å²) in [6.45, 7) is 6.90. The molecule has 2 rings (SSSR count). The predicted octanol–water partition coefficient (Wildman–Crippen LogP) is 5.57. The molecule has 1 aliphatic rings. The maximum absolute atomic E-state index is 12.2. The average Bonchev–Trinajstić information content (AvgIpc) is 2.46. The first-order valence-electron chi connectivity index (χ1n) is 7.55. The lowest BCUT2D eigenvalue weighted by Gasteiger charge is -2.35. The fraction of sp³-hybridized carbons (Fsp3) is 0.562. The Morgan fingerprint density at radius 1 is 1.35 bits per heavy atom. The molecule has 4 nitrogen and oxygen atoms in total. The van der Waals surface area contributed by atoms with Crippen molar-refractivity contribution in [2.75, 3.05) is 18.4 Å². The average molecular weight is 424 g/mol. The number of amides is 1. The molecule has 23 heavy (non-hydrogen) atoms. The Morgan fingerprint density at radius 3 is 2.70 bits per heavy atom. The van der Waals surface area contributed by atoms with Gasteiger partial charge in [0.15, 0.2) is 0 Å². The van der Waals surface area contributed by atoms with Crippen molar-refractivity contribution in [3.63, 3.8) is 0 Å². The highest BCUT2D eigenvalue weighted by atomic mass is 79.9. The Morgan fingerprint density at radius 2 is 2.04 bits per heavy atom. The molecular formula is C16H21BrCl2N2O2. The molecule has 1 atom stereocenters. The van der Waals surface area contributed by atoms with Crippen LogP contribution in [0.2, 0.25) is 10.0 Å². The molecule has 7 heteroatoms. The molecule has 0 aliphatic carbocycles. The lowest BCUT2D eigenvalue weighted by molar-refractivity contribution is 0.0206. The van der Waals surface area contributed by atoms with Gasteiger partial charge in [0, 0.05) is 23.6 Å². The van der Waals surface area contributed by atoms with E-state index < -0.39 is 5.60 Å². The summed E-state index contributed by atoms with van der Waals surface area (Å²) >= 11 is 15.8. The fourth-order valence-corrected chi connectivity index (χ4v) is 3.27. The number of benzene rings is 1. The van der Waals surface area contributed by atoms with Gasteiger partial charge in [0.25, 0.3) is 0 Å². The van der Waals surface area contributed by atoms with E-state index >= 15 is 0 Å². The lowest BCUT2D eigenvalue weighted by atomic mass is 10.1. The van der Waals surface area contributed by atoms with Crippen LogP contribution >= 0.6 is 39.1 Å². The van der Waals surface area contributed by atoms with E-state index in [1.807, 2.05) is 32.9 Å². The van der Waals surface area contributed by atoms with Crippen LogP contribution < -0.4 is 5.32 Å². The monoisotopic (exact) mass is 422 g/mol. The third-order valence-corrected chi connectivity index (χ3v) is 5.24. The molecule has 1 fully saturated rings. The molecule has 1 aromatic carbocycles. The lowest BCUT2D eigenvalue weighted by Crippen LogP contribution is -2.47. The molecule has 128 valence electrons. The number of ether oxygens (including phenoxy) is 1. The van der Waals surface area contributed by atoms with E-state index in [0.717, 1.165) is 23.0 Å². The Bertz CT molecular complexity index is 590. The van der Waals surface area contributed by atoms with Gasteiger partial charge in [-0.3, -0.25) is 0 Å². The third kappa shape index (κ3) is 5.16. The van der Waals surface area contributed by atoms with Crippen molar-refractivity contribution in [3.8, 4) is 0 Å². The van der Waals surface area contributed by atoms with Crippen molar-refractivity contribution in [1.29, 1.82) is 0 Å². The number of nitrogens with zero attached hydrogens (tertiary/aromatic N) is 1. The van der Waals surface area contributed by atoms with E-state index in [1.165, 1.54) is 0 Å². The summed E-state index contributed by atoms with van der Waals surface area (Å²) in [4.78, 5) is 13.9. The number of anilines is 1. The molecule has 0 bridgehead atoms. The van der Waals surface area contributed by atoms with Crippen molar-refractivity contribution < 1.29 is 9.53 Å². The van der Waals surface area contributed by atoms with Crippen LogP contribution in [0.3, 0.4) is 0 Å². The van der Waals surface area contributed by atoms with Gasteiger partial charge in [0.1, 0.15) is 5.60 Å². The first-order valence-corrected chi connectivity index (χ1v) is 9.10. The van der Waals surface area contributed by atoms with Crippen LogP contribution in [-0.2, 0) is 4.74 Å². The normalized spacial score (nSPS) is 18.7. The van der Waals surface area contributed by atoms with Crippen LogP contribution in [0.4, 0.5) is 10.5 Å². The molecule has 1 saturated heterocycles. The van der Waals surface area contributed by atoms with E-state index in [-0.39, 0.29) is 12.1 Å². The zero-order valence-corrected chi connectivity index (χ0v) is 16.6. The van der Waals surface area contributed by atoms with E-state index in [0.29, 0.717) is 23.1 Å². The summed E-state index contributed by atoms with van der Waals surface area (Å²) < 4.78 is 6.20. The number of nitrogens with one attached hydrogen (secondary N) is 1. The summed E-state index contributed by atoms with van der Waals surface area (Å²) in [6.07, 6.45) is 1.60. The van der Waals surface area contributed by atoms with Crippen LogP contribution in [0.5, 0.6) is 0 Å². The summed E-state index contributed by atoms with van der Waals surface area (Å²) in [6, 6.07) is 3.85. The predicted molar refractivity (Wildman–Crippen MR) is 98.6 cm³/mol. The molecule has 0 aromatic heterocycles. The molecule has 1 amide bonds. The van der Waals surface area contributed by atoms with Crippen LogP contribution in [0.15, 0.2) is 16.6 Å². The van der Waals surface area contributed by atoms with E-state index in [4.69, 9.17) is 27.9 Å². The fourth-order valence-electron chi connectivity index (χ4n) is 2.44. The van der Waals surface area contributed by atoms with E-state index in [2.05, 4.69) is 21.2 Å². The van der Waals surface area contributed by atoms with Crippen molar-refractivity contribution in [2.24, 2.45) is 0 Å². The van der Waals surface area contributed by atoms with E-state index in [1.54, 1.807) is 4.90 Å². The van der Waals surface area contributed by atoms with Gasteiger partial charge in [-0.2, -0.15) is 0 Å². The van der Waals surface area contributed by atoms with Crippen molar-refractivity contribution >= 4 is 50.9 Å². The van der Waals surface area contributed by atoms with Crippen LogP contribution in [0.1, 0.15) is 33.6 Å². The van der Waals surface area contributed by atoms with Gasteiger partial charge in [-0.1, -0.05) is 23.2 Å². The Balaban J connectivity index is 2.02. The Kier molecular flexibility index (Phi) is 6.09. The standard InChI is InChI=1S/C16H21BrCl2N2O2/c1-16(2,3)23-15(22)21-8-4-5-10(9-21)20-12-7-6-11(17)13(18)14(12)19/h6-7,10,20H,4-5,8-9H2,1-3H3. The zero-order valence-electron chi connectivity index (χ0n) is 13.5. The van der Waals surface area contributed by atoms with Crippen LogP contribution in [0, 0.1) is 0 Å². The molecule has 0 radical (unpaired) electrons. The summed E-state index contributed by atoms with van der Waals surface area (Å²) in [7, 11) is 0. The molecule has 0 spiro atoms. The molecule has 1 unspecified atom stereocenters. The first kappa shape index (κ1) is 18.7. The number of rotatable bonds is 2. The second-order valence-corrected chi connectivity index (χ2v) is 8.24. The molecule has 0 saturated carbocycles. The first-order chi connectivity index (χ1) is 10.7. The molecule has 1 N–H and O–H groups in total. The minimum absolute atomic E-state index is 0.117. The van der Waals surface area contributed by atoms with Crippen molar-refractivity contribution in [3.05, 3.63) is 26.7 Å². The molecular weight excluding hydrogens is 403 g/mol. The summed E-state index contributed by atoms with van der Waals surface area (Å²) in [5.74, 6) is 0. The number of likely N-dealkylation sites (tertiary alicyclic amines) is 1. The van der Waals surface area contributed by atoms with Crippen LogP contribution in [-0.4, -0.2) is 35.7 Å². The number of hydrogen-bond acceptors (Lipinski definition) is 3. The van der Waals surface area contributed by atoms with Crippen LogP contribution in [0.25, 0.3) is 0 Å². The maximum Gasteiger partial charge on any atom is 0.410 e. The van der Waals surface area contributed by atoms with Gasteiger partial charge in [-0.15, -0.1) is 0 Å². The number of halogens is 3. The van der Waals surface area contributed by atoms with Gasteiger partial charge >= 0.3 is 6.09 Å². The molecule has 1 aliphatic heterocycles. The Hall–Kier alpha value is -0.650. The highest BCUT2D eigenvalue weighted by Crippen LogP contribution is 2.36. The zero-order chi connectivity index (χ0) is 17.2. The smallest absolute Gasteiger partial charge is 0.410 e. The second kappa shape index (κ2) is 7.49. The number of hydrogen-bond donors (Lipinski definition) is 1. The quantitative estimate of drug-likeness (QED) is 0.632. The minimum atomic E-state index is -0.486. The minimum Gasteiger partial charge on any atom is -0.444 e. The molecule has 1 aromatic rings. The molecule has 1 heterocycles. The van der Waals surface area contributed by atoms with Crippen molar-refractivity contribution in [2.45, 2.75) is 45.3 Å². The van der Waals surface area contributed by atoms with Gasteiger partial charge in [-0.25, -0.2) is 4.79 Å². The number of carbonyl (C=O) groups is 1. The highest BCUT2D eigenvalue weighted by molar-refractivity contribution is 9.10. The summed E-state index contributed by atoms with van der Waals surface area (Å²) in [5.41, 5.74) is 0.288. The largest absolute Gasteiger partial charge is 0.444 e. The van der Waals surface area contributed by atoms with E-state index in [9.17, 15) is 4.79 Å². The van der Waals surface area contributed by atoms with Gasteiger partial charge < -0.3 is 15.0 Å². The van der Waals surface area contributed by atoms with Gasteiger partial charge in [0.05, 0.1) is 15.7 Å². The number of carbonyl (C=O) groups excluding carboxylic acids is 1. The SMILES string of the molecule is CC(C)(C)OC(=O)N1CCCC(Nc2ccc(Br)c(Cl)c2Cl)C1. The third-order valence-electron chi connectivity index (χ3n) is 3.47. The van der Waals surface area contributed by atoms with Crippen molar-refractivity contribution in [1.82, 2.24) is 4.90 Å². The highest BCUT2D eigenvalue weighted by Gasteiger charge is 2.28. The number of piperidine rings is 1. The topological polar surface area (TPSA) is 41.6 Å². The summed E-state index contributed by atoms with van der Waals surface area (Å²) in [5, 5.41) is 4.34. The second-order valence-electron chi connectivity index (χ2n) is 6.63. The Labute approximate surface area is 155 Å². The van der Waals surface area contributed by atoms with Gasteiger partial charge in [-0.05, 0) is 61.7 Å². The van der Waals surface area contributed by atoms with Gasteiger partial charge in [0.2, 0.25) is 0 Å².